The summed E-state index contributed by atoms with van der Waals surface area (Å²) >= 11 is 6.46. The normalized spacial score (nSPS) is 17.6. The van der Waals surface area contributed by atoms with E-state index in [1.54, 1.807) is 16.7 Å². The molecular formula is C38H42ClF2N5O4. The summed E-state index contributed by atoms with van der Waals surface area (Å²) < 4.78 is 38.3. The highest BCUT2D eigenvalue weighted by atomic mass is 35.5. The molecule has 3 aromatic carbocycles. The number of amides is 2. The predicted octanol–water partition coefficient (Wildman–Crippen LogP) is 5.43. The van der Waals surface area contributed by atoms with Gasteiger partial charge in [-0.2, -0.15) is 0 Å². The molecule has 2 atom stereocenters. The monoisotopic (exact) mass is 705 g/mol. The molecule has 9 nitrogen and oxygen atoms in total. The number of anilines is 1. The lowest BCUT2D eigenvalue weighted by Gasteiger charge is -2.38. The van der Waals surface area contributed by atoms with Crippen LogP contribution >= 0.6 is 11.6 Å². The molecule has 1 N–H and O–H groups in total. The van der Waals surface area contributed by atoms with Gasteiger partial charge in [0.05, 0.1) is 30.0 Å². The molecule has 4 aromatic rings. The van der Waals surface area contributed by atoms with Crippen molar-refractivity contribution in [3.05, 3.63) is 110 Å². The number of hydrogen-bond donors (Lipinski definition) is 1. The predicted molar refractivity (Wildman–Crippen MR) is 191 cm³/mol. The van der Waals surface area contributed by atoms with E-state index < -0.39 is 29.0 Å². The fourth-order valence-electron chi connectivity index (χ4n) is 6.97. The van der Waals surface area contributed by atoms with Crippen molar-refractivity contribution in [3.8, 4) is 0 Å². The molecule has 2 aliphatic rings. The third-order valence-electron chi connectivity index (χ3n) is 9.68. The zero-order valence-electron chi connectivity index (χ0n) is 28.3. The molecule has 0 spiro atoms. The van der Waals surface area contributed by atoms with Crippen molar-refractivity contribution in [1.82, 2.24) is 19.7 Å². The average molecular weight is 706 g/mol. The molecule has 0 saturated carbocycles. The average Bonchev–Trinajstić information content (AvgIpc) is 3.12. The summed E-state index contributed by atoms with van der Waals surface area (Å²) in [4.78, 5) is 45.9. The summed E-state index contributed by atoms with van der Waals surface area (Å²) in [5.41, 5.74) is 1.49. The van der Waals surface area contributed by atoms with E-state index in [9.17, 15) is 14.4 Å². The number of rotatable bonds is 10. The van der Waals surface area contributed by atoms with Crippen LogP contribution in [0.4, 0.5) is 14.5 Å². The lowest BCUT2D eigenvalue weighted by Crippen LogP contribution is -2.49. The molecule has 0 bridgehead atoms. The number of piperazine rings is 1. The van der Waals surface area contributed by atoms with Gasteiger partial charge in [0.15, 0.2) is 0 Å². The quantitative estimate of drug-likeness (QED) is 0.237. The van der Waals surface area contributed by atoms with E-state index in [2.05, 4.69) is 5.32 Å². The summed E-state index contributed by atoms with van der Waals surface area (Å²) in [6.07, 6.45) is 2.48. The lowest BCUT2D eigenvalue weighted by molar-refractivity contribution is -0.131. The molecule has 50 heavy (non-hydrogen) atoms. The van der Waals surface area contributed by atoms with E-state index in [-0.39, 0.29) is 40.1 Å². The first-order valence-electron chi connectivity index (χ1n) is 17.2. The van der Waals surface area contributed by atoms with Crippen molar-refractivity contribution in [2.75, 3.05) is 57.3 Å². The highest BCUT2D eigenvalue weighted by Crippen LogP contribution is 2.31. The Labute approximate surface area is 295 Å². The molecule has 2 saturated heterocycles. The second-order valence-electron chi connectivity index (χ2n) is 12.9. The van der Waals surface area contributed by atoms with Crippen LogP contribution in [0, 0.1) is 11.6 Å². The third kappa shape index (κ3) is 7.70. The van der Waals surface area contributed by atoms with Gasteiger partial charge < -0.3 is 24.4 Å². The molecule has 6 rings (SSSR count). The van der Waals surface area contributed by atoms with Crippen LogP contribution in [-0.2, 0) is 22.5 Å². The third-order valence-corrected chi connectivity index (χ3v) is 10.0. The van der Waals surface area contributed by atoms with E-state index in [0.29, 0.717) is 76.5 Å². The Kier molecular flexibility index (Phi) is 11.2. The number of benzene rings is 3. The Balaban J connectivity index is 1.18. The Morgan fingerprint density at radius 1 is 1.00 bits per heavy atom. The van der Waals surface area contributed by atoms with Crippen molar-refractivity contribution in [2.45, 2.75) is 45.4 Å². The molecule has 264 valence electrons. The van der Waals surface area contributed by atoms with E-state index >= 15 is 8.78 Å². The SMILES string of the molecule is CCn1cc(C(=O)NCC(c2c(F)cccc2Cl)N2CCOC(C)C2)c(=O)c2cc(F)c(N3CCN(C(=O)CCc4ccccc4)CC3)cc21. The number of aryl methyl sites for hydroxylation is 2. The minimum absolute atomic E-state index is 0.0101. The first-order chi connectivity index (χ1) is 24.1. The van der Waals surface area contributed by atoms with Gasteiger partial charge >= 0.3 is 0 Å². The molecule has 2 unspecified atom stereocenters. The zero-order valence-corrected chi connectivity index (χ0v) is 29.1. The molecule has 2 aliphatic heterocycles. The molecular weight excluding hydrogens is 664 g/mol. The van der Waals surface area contributed by atoms with Gasteiger partial charge in [0.2, 0.25) is 11.3 Å². The molecule has 3 heterocycles. The molecule has 0 radical (unpaired) electrons. The summed E-state index contributed by atoms with van der Waals surface area (Å²) in [5.74, 6) is -1.64. The van der Waals surface area contributed by atoms with Gasteiger partial charge in [0.25, 0.3) is 5.91 Å². The van der Waals surface area contributed by atoms with E-state index in [1.807, 2.05) is 58.9 Å². The van der Waals surface area contributed by atoms with Crippen molar-refractivity contribution < 1.29 is 23.1 Å². The Morgan fingerprint density at radius 3 is 2.46 bits per heavy atom. The molecule has 12 heteroatoms. The lowest BCUT2D eigenvalue weighted by atomic mass is 10.0. The van der Waals surface area contributed by atoms with Gasteiger partial charge in [0.1, 0.15) is 17.2 Å². The molecule has 2 fully saturated rings. The van der Waals surface area contributed by atoms with Gasteiger partial charge in [-0.3, -0.25) is 19.3 Å². The van der Waals surface area contributed by atoms with E-state index in [0.717, 1.165) is 5.56 Å². The number of fused-ring (bicyclic) bond motifs is 1. The first kappa shape index (κ1) is 35.5. The van der Waals surface area contributed by atoms with Crippen LogP contribution < -0.4 is 15.6 Å². The summed E-state index contributed by atoms with van der Waals surface area (Å²) in [6.45, 7) is 7.50. The van der Waals surface area contributed by atoms with Crippen LogP contribution in [0.25, 0.3) is 10.9 Å². The number of halogens is 3. The molecule has 1 aromatic heterocycles. The van der Waals surface area contributed by atoms with Crippen molar-refractivity contribution in [3.63, 3.8) is 0 Å². The second kappa shape index (κ2) is 15.7. The van der Waals surface area contributed by atoms with Gasteiger partial charge in [0, 0.05) is 80.9 Å². The number of nitrogens with one attached hydrogen (secondary N) is 1. The van der Waals surface area contributed by atoms with Crippen LogP contribution in [0.5, 0.6) is 0 Å². The zero-order chi connectivity index (χ0) is 35.4. The minimum Gasteiger partial charge on any atom is -0.376 e. The first-order valence-corrected chi connectivity index (χ1v) is 17.5. The van der Waals surface area contributed by atoms with E-state index in [1.165, 1.54) is 24.4 Å². The summed E-state index contributed by atoms with van der Waals surface area (Å²) in [7, 11) is 0. The summed E-state index contributed by atoms with van der Waals surface area (Å²) in [6, 6.07) is 16.6. The largest absolute Gasteiger partial charge is 0.376 e. The number of morpholine rings is 1. The smallest absolute Gasteiger partial charge is 0.256 e. The Hall–Kier alpha value is -4.32. The summed E-state index contributed by atoms with van der Waals surface area (Å²) in [5, 5.41) is 3.17. The van der Waals surface area contributed by atoms with Crippen molar-refractivity contribution in [1.29, 1.82) is 0 Å². The number of carbonyl (C=O) groups is 2. The molecule has 0 aliphatic carbocycles. The second-order valence-corrected chi connectivity index (χ2v) is 13.3. The topological polar surface area (TPSA) is 87.1 Å². The van der Waals surface area contributed by atoms with Crippen LogP contribution in [0.15, 0.2) is 71.7 Å². The van der Waals surface area contributed by atoms with Crippen molar-refractivity contribution in [2.24, 2.45) is 0 Å². The maximum Gasteiger partial charge on any atom is 0.256 e. The van der Waals surface area contributed by atoms with Gasteiger partial charge in [-0.1, -0.05) is 48.0 Å². The van der Waals surface area contributed by atoms with Gasteiger partial charge in [-0.05, 0) is 50.1 Å². The van der Waals surface area contributed by atoms with Crippen LogP contribution in [0.2, 0.25) is 5.02 Å². The van der Waals surface area contributed by atoms with Crippen LogP contribution in [0.3, 0.4) is 0 Å². The number of aromatic nitrogens is 1. The van der Waals surface area contributed by atoms with Crippen molar-refractivity contribution >= 4 is 40.0 Å². The number of ether oxygens (including phenoxy) is 1. The number of pyridine rings is 1. The fourth-order valence-corrected chi connectivity index (χ4v) is 7.26. The van der Waals surface area contributed by atoms with Gasteiger partial charge in [-0.15, -0.1) is 0 Å². The Bertz CT molecular complexity index is 1890. The molecule has 2 amide bonds. The number of hydrogen-bond acceptors (Lipinski definition) is 6. The number of carbonyl (C=O) groups excluding carboxylic acids is 2. The van der Waals surface area contributed by atoms with Crippen LogP contribution in [0.1, 0.15) is 47.8 Å². The maximum absolute atomic E-state index is 15.7. The van der Waals surface area contributed by atoms with Gasteiger partial charge in [-0.25, -0.2) is 8.78 Å². The fraction of sp³-hybridized carbons (Fsp3) is 0.395. The standard InChI is InChI=1S/C38H42ClF2N5O4/c1-3-43-24-28(38(49)42-22-34(46-18-19-50-25(2)23-46)36-29(39)10-7-11-30(36)40)37(48)27-20-31(41)33(21-32(27)43)44-14-16-45(17-15-44)35(47)13-12-26-8-5-4-6-9-26/h4-11,20-21,24-25,34H,3,12-19,22-23H2,1-2H3,(H,42,49). The highest BCUT2D eigenvalue weighted by molar-refractivity contribution is 6.31. The number of nitrogens with zero attached hydrogens (tertiary/aromatic N) is 4. The highest BCUT2D eigenvalue weighted by Gasteiger charge is 2.30. The van der Waals surface area contributed by atoms with Crippen LogP contribution in [-0.4, -0.2) is 84.7 Å². The Morgan fingerprint density at radius 2 is 1.76 bits per heavy atom. The maximum atomic E-state index is 15.7. The van der Waals surface area contributed by atoms with E-state index in [4.69, 9.17) is 16.3 Å². The minimum atomic E-state index is -0.643.